The number of anilines is 2. The molecule has 0 aliphatic heterocycles. The second-order valence-electron chi connectivity index (χ2n) is 8.83. The average molecular weight is 608 g/mol. The molecule has 4 N–H and O–H groups in total. The summed E-state index contributed by atoms with van der Waals surface area (Å²) in [4.78, 5) is 48.9. The first-order chi connectivity index (χ1) is 20.6. The highest BCUT2D eigenvalue weighted by molar-refractivity contribution is 6.31. The van der Waals surface area contributed by atoms with Gasteiger partial charge in [0.1, 0.15) is 12.4 Å². The Hall–Kier alpha value is -5.63. The van der Waals surface area contributed by atoms with E-state index in [4.69, 9.17) is 16.7 Å². The van der Waals surface area contributed by atoms with E-state index in [1.165, 1.54) is 60.6 Å². The van der Waals surface area contributed by atoms with Crippen LogP contribution in [0.15, 0.2) is 73.1 Å². The Morgan fingerprint density at radius 1 is 1.02 bits per heavy atom. The van der Waals surface area contributed by atoms with Crippen molar-refractivity contribution < 1.29 is 33.4 Å². The maximum atomic E-state index is 14.9. The smallest absolute Gasteiger partial charge is 0.411 e. The Morgan fingerprint density at radius 3 is 2.33 bits per heavy atom. The minimum Gasteiger partial charge on any atom is -0.478 e. The molecular formula is C28H23ClFN7O6. The lowest BCUT2D eigenvalue weighted by Gasteiger charge is -2.18. The monoisotopic (exact) mass is 607 g/mol. The number of nitrogens with one attached hydrogen (secondary N) is 3. The van der Waals surface area contributed by atoms with Gasteiger partial charge in [-0.2, -0.15) is 4.68 Å². The molecule has 15 heteroatoms. The molecule has 1 atom stereocenters. The molecule has 0 saturated carbocycles. The number of benzene rings is 3. The fourth-order valence-corrected chi connectivity index (χ4v) is 3.99. The van der Waals surface area contributed by atoms with E-state index < -0.39 is 35.7 Å². The largest absolute Gasteiger partial charge is 0.478 e. The topological polar surface area (TPSA) is 177 Å². The summed E-state index contributed by atoms with van der Waals surface area (Å²) in [6.45, 7) is 0. The van der Waals surface area contributed by atoms with Crippen molar-refractivity contribution >= 4 is 52.9 Å². The predicted molar refractivity (Wildman–Crippen MR) is 153 cm³/mol. The maximum absolute atomic E-state index is 14.9. The number of carbonyl (C=O) groups is 4. The highest BCUT2D eigenvalue weighted by Gasteiger charge is 2.22. The lowest BCUT2D eigenvalue weighted by atomic mass is 10.0. The number of hydrogen-bond acceptors (Lipinski definition) is 8. The molecule has 13 nitrogen and oxygen atoms in total. The molecule has 0 saturated heterocycles. The summed E-state index contributed by atoms with van der Waals surface area (Å²) in [5, 5.41) is 27.5. The summed E-state index contributed by atoms with van der Waals surface area (Å²) >= 11 is 5.94. The van der Waals surface area contributed by atoms with E-state index in [1.54, 1.807) is 24.3 Å². The molecule has 0 bridgehead atoms. The van der Waals surface area contributed by atoms with Crippen LogP contribution in [0.1, 0.15) is 21.5 Å². The van der Waals surface area contributed by atoms with Crippen LogP contribution >= 0.6 is 11.6 Å². The van der Waals surface area contributed by atoms with Crippen molar-refractivity contribution in [2.24, 2.45) is 0 Å². The van der Waals surface area contributed by atoms with Gasteiger partial charge in [-0.1, -0.05) is 23.7 Å². The fraction of sp³-hybridized carbons (Fsp3) is 0.107. The van der Waals surface area contributed by atoms with Gasteiger partial charge in [-0.25, -0.2) is 14.0 Å². The molecule has 0 spiro atoms. The van der Waals surface area contributed by atoms with Crippen molar-refractivity contribution in [3.8, 4) is 5.69 Å². The normalized spacial score (nSPS) is 11.5. The molecule has 4 aromatic rings. The highest BCUT2D eigenvalue weighted by Crippen LogP contribution is 2.25. The molecular weight excluding hydrogens is 585 g/mol. The van der Waals surface area contributed by atoms with E-state index in [0.717, 1.165) is 6.08 Å². The number of nitrogens with zero attached hydrogens (tertiary/aromatic N) is 4. The van der Waals surface area contributed by atoms with E-state index in [1.807, 2.05) is 0 Å². The molecule has 0 aliphatic carbocycles. The number of tetrazole rings is 1. The number of aromatic nitrogens is 4. The highest BCUT2D eigenvalue weighted by atomic mass is 35.5. The van der Waals surface area contributed by atoms with Crippen molar-refractivity contribution in [2.75, 3.05) is 17.7 Å². The van der Waals surface area contributed by atoms with Gasteiger partial charge in [-0.05, 0) is 70.6 Å². The summed E-state index contributed by atoms with van der Waals surface area (Å²) in [6, 6.07) is 13.6. The molecule has 3 aromatic carbocycles. The van der Waals surface area contributed by atoms with E-state index in [9.17, 15) is 23.6 Å². The Kier molecular flexibility index (Phi) is 9.75. The number of carboxylic acid groups (broad SMARTS) is 1. The second-order valence-corrected chi connectivity index (χ2v) is 9.24. The van der Waals surface area contributed by atoms with Gasteiger partial charge in [-0.15, -0.1) is 5.10 Å². The van der Waals surface area contributed by atoms with Crippen molar-refractivity contribution in [1.29, 1.82) is 0 Å². The Balaban J connectivity index is 1.56. The van der Waals surface area contributed by atoms with Crippen LogP contribution in [0.2, 0.25) is 5.02 Å². The summed E-state index contributed by atoms with van der Waals surface area (Å²) in [5.74, 6) is -3.27. The quantitative estimate of drug-likeness (QED) is 0.196. The van der Waals surface area contributed by atoms with Crippen LogP contribution in [-0.2, 0) is 20.7 Å². The van der Waals surface area contributed by atoms with E-state index >= 15 is 0 Å². The summed E-state index contributed by atoms with van der Waals surface area (Å²) in [6.07, 6.45) is 2.83. The molecule has 0 fully saturated rings. The number of amides is 3. The van der Waals surface area contributed by atoms with Crippen LogP contribution in [-0.4, -0.2) is 62.3 Å². The van der Waals surface area contributed by atoms with Gasteiger partial charge in [0.2, 0.25) is 11.8 Å². The molecule has 1 aromatic heterocycles. The SMILES string of the molecule is COC(=O)Nc1ccc(CC(NC(=O)/C=C/c2c(-n3cnnn3)ccc(Cl)c2F)C(=O)Nc2ccc(C(=O)O)cc2)cc1. The van der Waals surface area contributed by atoms with Crippen molar-refractivity contribution in [1.82, 2.24) is 25.5 Å². The van der Waals surface area contributed by atoms with Gasteiger partial charge < -0.3 is 20.5 Å². The Morgan fingerprint density at radius 2 is 1.70 bits per heavy atom. The average Bonchev–Trinajstić information content (AvgIpc) is 3.53. The lowest BCUT2D eigenvalue weighted by molar-refractivity contribution is -0.123. The number of hydrogen-bond donors (Lipinski definition) is 4. The van der Waals surface area contributed by atoms with Crippen LogP contribution < -0.4 is 16.0 Å². The summed E-state index contributed by atoms with van der Waals surface area (Å²) in [7, 11) is 1.23. The third-order valence-corrected chi connectivity index (χ3v) is 6.26. The molecule has 1 heterocycles. The number of rotatable bonds is 10. The minimum absolute atomic E-state index is 0.0263. The third kappa shape index (κ3) is 7.98. The number of aromatic carboxylic acids is 1. The zero-order valence-electron chi connectivity index (χ0n) is 22.3. The predicted octanol–water partition coefficient (Wildman–Crippen LogP) is 3.71. The van der Waals surface area contributed by atoms with Crippen molar-refractivity contribution in [2.45, 2.75) is 12.5 Å². The van der Waals surface area contributed by atoms with Crippen molar-refractivity contribution in [3.63, 3.8) is 0 Å². The van der Waals surface area contributed by atoms with Gasteiger partial charge in [0.05, 0.1) is 23.4 Å². The van der Waals surface area contributed by atoms with Gasteiger partial charge in [-0.3, -0.25) is 14.9 Å². The molecule has 0 aliphatic rings. The Labute approximate surface area is 248 Å². The molecule has 4 rings (SSSR count). The van der Waals surface area contributed by atoms with Gasteiger partial charge >= 0.3 is 12.1 Å². The van der Waals surface area contributed by atoms with Crippen LogP contribution in [0.25, 0.3) is 11.8 Å². The first kappa shape index (κ1) is 30.3. The molecule has 3 amide bonds. The second kappa shape index (κ2) is 13.8. The molecule has 0 radical (unpaired) electrons. The van der Waals surface area contributed by atoms with Gasteiger partial charge in [0, 0.05) is 29.4 Å². The van der Waals surface area contributed by atoms with Crippen LogP contribution in [0.4, 0.5) is 20.6 Å². The fourth-order valence-electron chi connectivity index (χ4n) is 3.83. The third-order valence-electron chi connectivity index (χ3n) is 5.96. The minimum atomic E-state index is -1.13. The van der Waals surface area contributed by atoms with Gasteiger partial charge in [0.15, 0.2) is 5.82 Å². The van der Waals surface area contributed by atoms with Crippen LogP contribution in [0, 0.1) is 5.82 Å². The first-order valence-electron chi connectivity index (χ1n) is 12.4. The number of carbonyl (C=O) groups excluding carboxylic acids is 3. The number of carboxylic acids is 1. The lowest BCUT2D eigenvalue weighted by Crippen LogP contribution is -2.44. The first-order valence-corrected chi connectivity index (χ1v) is 12.8. The molecule has 43 heavy (non-hydrogen) atoms. The van der Waals surface area contributed by atoms with E-state index in [2.05, 4.69) is 36.2 Å². The van der Waals surface area contributed by atoms with Crippen LogP contribution in [0.3, 0.4) is 0 Å². The molecule has 220 valence electrons. The summed E-state index contributed by atoms with van der Waals surface area (Å²) < 4.78 is 20.7. The standard InChI is InChI=1S/C28H23ClFN7O6/c1-43-28(42)33-19-6-2-16(3-7-19)14-22(26(39)32-18-8-4-17(5-9-18)27(40)41)34-24(38)13-10-20-23(37-15-31-35-36-37)12-11-21(29)25(20)30/h2-13,15,22H,14H2,1H3,(H,32,39)(H,33,42)(H,34,38)(H,40,41)/b13-10+. The van der Waals surface area contributed by atoms with Crippen molar-refractivity contribution in [3.05, 3.63) is 101 Å². The number of ether oxygens (including phenoxy) is 1. The number of methoxy groups -OCH3 is 1. The maximum Gasteiger partial charge on any atom is 0.411 e. The number of halogens is 2. The zero-order valence-corrected chi connectivity index (χ0v) is 23.1. The van der Waals surface area contributed by atoms with E-state index in [0.29, 0.717) is 16.9 Å². The zero-order chi connectivity index (χ0) is 30.9. The van der Waals surface area contributed by atoms with Crippen LogP contribution in [0.5, 0.6) is 0 Å². The van der Waals surface area contributed by atoms with Gasteiger partial charge in [0.25, 0.3) is 0 Å². The summed E-state index contributed by atoms with van der Waals surface area (Å²) in [5.41, 5.74) is 1.56. The Bertz CT molecular complexity index is 1660. The van der Waals surface area contributed by atoms with E-state index in [-0.39, 0.29) is 28.3 Å². The molecule has 1 unspecified atom stereocenters.